The highest BCUT2D eigenvalue weighted by Gasteiger charge is 2.21. The molecule has 1 heterocycles. The number of nitro benzene ring substituents is 1. The van der Waals surface area contributed by atoms with Crippen LogP contribution in [0.4, 0.5) is 22.7 Å². The van der Waals surface area contributed by atoms with Crippen LogP contribution in [-0.2, 0) is 14.3 Å². The van der Waals surface area contributed by atoms with Gasteiger partial charge in [0.05, 0.1) is 54.0 Å². The summed E-state index contributed by atoms with van der Waals surface area (Å²) in [5.74, 6) is -0.475. The van der Waals surface area contributed by atoms with E-state index in [0.29, 0.717) is 56.7 Å². The lowest BCUT2D eigenvalue weighted by Gasteiger charge is -2.31. The standard InChI is InChI=1S/C23H28N4O8/c1-3-33-20-13-19(26-7-9-32-10-8-26)21(34-4-2)12-18(20)25-22(28)14-35-23(29)16-6-5-15(27(30)31)11-17(16)24/h5-6,11-13H,3-4,7-10,14,24H2,1-2H3,(H,25,28). The highest BCUT2D eigenvalue weighted by Crippen LogP contribution is 2.39. The number of nitro groups is 1. The van der Waals surface area contributed by atoms with Crippen molar-refractivity contribution >= 4 is 34.6 Å². The summed E-state index contributed by atoms with van der Waals surface area (Å²) in [6.45, 7) is 6.46. The number of esters is 1. The highest BCUT2D eigenvalue weighted by molar-refractivity contribution is 5.99. The van der Waals surface area contributed by atoms with E-state index in [-0.39, 0.29) is 16.9 Å². The van der Waals surface area contributed by atoms with Gasteiger partial charge in [0.1, 0.15) is 11.5 Å². The van der Waals surface area contributed by atoms with E-state index in [1.165, 1.54) is 6.07 Å². The molecule has 1 aliphatic heterocycles. The number of anilines is 3. The number of carbonyl (C=O) groups excluding carboxylic acids is 2. The second kappa shape index (κ2) is 11.9. The van der Waals surface area contributed by atoms with E-state index >= 15 is 0 Å². The van der Waals surface area contributed by atoms with Gasteiger partial charge in [-0.15, -0.1) is 0 Å². The molecule has 0 spiro atoms. The minimum atomic E-state index is -0.879. The van der Waals surface area contributed by atoms with Gasteiger partial charge in [-0.25, -0.2) is 4.79 Å². The minimum Gasteiger partial charge on any atom is -0.492 e. The molecule has 0 radical (unpaired) electrons. The van der Waals surface area contributed by atoms with E-state index in [1.807, 2.05) is 13.8 Å². The summed E-state index contributed by atoms with van der Waals surface area (Å²) in [6, 6.07) is 6.84. The Kier molecular flexibility index (Phi) is 8.68. The second-order valence-electron chi connectivity index (χ2n) is 7.43. The van der Waals surface area contributed by atoms with Crippen LogP contribution in [0.2, 0.25) is 0 Å². The number of benzene rings is 2. The van der Waals surface area contributed by atoms with Crippen molar-refractivity contribution in [3.63, 3.8) is 0 Å². The Morgan fingerprint density at radius 3 is 2.43 bits per heavy atom. The SMILES string of the molecule is CCOc1cc(N2CCOCC2)c(OCC)cc1NC(=O)COC(=O)c1ccc([N+](=O)[O-])cc1N. The molecule has 1 fully saturated rings. The summed E-state index contributed by atoms with van der Waals surface area (Å²) in [7, 11) is 0. The Bertz CT molecular complexity index is 1090. The Morgan fingerprint density at radius 1 is 1.11 bits per heavy atom. The van der Waals surface area contributed by atoms with Crippen molar-refractivity contribution < 1.29 is 33.5 Å². The number of nitrogens with two attached hydrogens (primary N) is 1. The number of hydrogen-bond acceptors (Lipinski definition) is 10. The molecule has 1 aliphatic rings. The number of nitrogen functional groups attached to an aromatic ring is 1. The number of amides is 1. The molecule has 0 bridgehead atoms. The van der Waals surface area contributed by atoms with Gasteiger partial charge in [-0.2, -0.15) is 0 Å². The topological polar surface area (TPSA) is 155 Å². The lowest BCUT2D eigenvalue weighted by atomic mass is 10.1. The van der Waals surface area contributed by atoms with E-state index in [4.69, 9.17) is 24.7 Å². The molecule has 12 heteroatoms. The molecular weight excluding hydrogens is 460 g/mol. The number of nitrogens with one attached hydrogen (secondary N) is 1. The van der Waals surface area contributed by atoms with E-state index in [1.54, 1.807) is 12.1 Å². The first-order chi connectivity index (χ1) is 16.8. The van der Waals surface area contributed by atoms with Crippen LogP contribution in [-0.4, -0.2) is 62.9 Å². The maximum atomic E-state index is 12.6. The highest BCUT2D eigenvalue weighted by atomic mass is 16.6. The van der Waals surface area contributed by atoms with Gasteiger partial charge in [-0.05, 0) is 19.9 Å². The zero-order valence-corrected chi connectivity index (χ0v) is 19.6. The van der Waals surface area contributed by atoms with Gasteiger partial charge in [-0.3, -0.25) is 14.9 Å². The smallest absolute Gasteiger partial charge is 0.340 e. The molecule has 1 saturated heterocycles. The molecule has 1 amide bonds. The van der Waals surface area contributed by atoms with Crippen LogP contribution in [0.1, 0.15) is 24.2 Å². The molecule has 3 N–H and O–H groups in total. The fourth-order valence-corrected chi connectivity index (χ4v) is 3.49. The molecule has 3 rings (SSSR count). The largest absolute Gasteiger partial charge is 0.492 e. The first-order valence-electron chi connectivity index (χ1n) is 11.1. The third-order valence-electron chi connectivity index (χ3n) is 5.09. The maximum absolute atomic E-state index is 12.6. The van der Waals surface area contributed by atoms with E-state index < -0.39 is 23.4 Å². The summed E-state index contributed by atoms with van der Waals surface area (Å²) >= 11 is 0. The summed E-state index contributed by atoms with van der Waals surface area (Å²) in [6.07, 6.45) is 0. The molecule has 35 heavy (non-hydrogen) atoms. The fraction of sp³-hybridized carbons (Fsp3) is 0.391. The number of morpholine rings is 1. The predicted molar refractivity (Wildman–Crippen MR) is 128 cm³/mol. The molecule has 188 valence electrons. The average molecular weight is 488 g/mol. The molecule has 0 atom stereocenters. The summed E-state index contributed by atoms with van der Waals surface area (Å²) < 4.78 is 22.0. The van der Waals surface area contributed by atoms with Crippen LogP contribution < -0.4 is 25.4 Å². The first kappa shape index (κ1) is 25.6. The van der Waals surface area contributed by atoms with Gasteiger partial charge < -0.3 is 34.9 Å². The zero-order chi connectivity index (χ0) is 25.4. The second-order valence-corrected chi connectivity index (χ2v) is 7.43. The van der Waals surface area contributed by atoms with Crippen molar-refractivity contribution in [2.24, 2.45) is 0 Å². The van der Waals surface area contributed by atoms with Gasteiger partial charge >= 0.3 is 5.97 Å². The quantitative estimate of drug-likeness (QED) is 0.221. The molecule has 0 saturated carbocycles. The lowest BCUT2D eigenvalue weighted by Crippen LogP contribution is -2.36. The number of rotatable bonds is 10. The van der Waals surface area contributed by atoms with Crippen molar-refractivity contribution in [3.05, 3.63) is 46.0 Å². The first-order valence-corrected chi connectivity index (χ1v) is 11.1. The van der Waals surface area contributed by atoms with Crippen molar-refractivity contribution in [3.8, 4) is 11.5 Å². The van der Waals surface area contributed by atoms with Crippen LogP contribution >= 0.6 is 0 Å². The zero-order valence-electron chi connectivity index (χ0n) is 19.6. The van der Waals surface area contributed by atoms with Crippen LogP contribution in [0, 0.1) is 10.1 Å². The van der Waals surface area contributed by atoms with Crippen molar-refractivity contribution in [1.29, 1.82) is 0 Å². The van der Waals surface area contributed by atoms with Crippen molar-refractivity contribution in [2.75, 3.05) is 62.1 Å². The van der Waals surface area contributed by atoms with E-state index in [0.717, 1.165) is 17.8 Å². The molecule has 0 unspecified atom stereocenters. The van der Waals surface area contributed by atoms with Gasteiger partial charge in [0, 0.05) is 37.4 Å². The number of non-ortho nitro benzene ring substituents is 1. The number of carbonyl (C=O) groups is 2. The van der Waals surface area contributed by atoms with Crippen LogP contribution in [0.15, 0.2) is 30.3 Å². The molecule has 0 aromatic heterocycles. The molecule has 2 aromatic carbocycles. The summed E-state index contributed by atoms with van der Waals surface area (Å²) in [4.78, 5) is 37.2. The van der Waals surface area contributed by atoms with Gasteiger partial charge in [0.25, 0.3) is 11.6 Å². The monoisotopic (exact) mass is 488 g/mol. The van der Waals surface area contributed by atoms with Gasteiger partial charge in [0.2, 0.25) is 0 Å². The average Bonchev–Trinajstić information content (AvgIpc) is 2.84. The maximum Gasteiger partial charge on any atom is 0.340 e. The van der Waals surface area contributed by atoms with Gasteiger partial charge in [-0.1, -0.05) is 0 Å². The molecule has 12 nitrogen and oxygen atoms in total. The predicted octanol–water partition coefficient (Wildman–Crippen LogP) is 2.61. The Balaban J connectivity index is 1.73. The molecule has 0 aliphatic carbocycles. The Hall–Kier alpha value is -4.06. The summed E-state index contributed by atoms with van der Waals surface area (Å²) in [5.41, 5.74) is 6.45. The molecular formula is C23H28N4O8. The van der Waals surface area contributed by atoms with Crippen molar-refractivity contribution in [2.45, 2.75) is 13.8 Å². The Morgan fingerprint density at radius 2 is 1.80 bits per heavy atom. The number of ether oxygens (including phenoxy) is 4. The number of nitrogens with zero attached hydrogens (tertiary/aromatic N) is 2. The lowest BCUT2D eigenvalue weighted by molar-refractivity contribution is -0.384. The van der Waals surface area contributed by atoms with Gasteiger partial charge in [0.15, 0.2) is 6.61 Å². The summed E-state index contributed by atoms with van der Waals surface area (Å²) in [5, 5.41) is 13.5. The van der Waals surface area contributed by atoms with Crippen LogP contribution in [0.3, 0.4) is 0 Å². The number of hydrogen-bond donors (Lipinski definition) is 2. The third kappa shape index (κ3) is 6.51. The minimum absolute atomic E-state index is 0.0769. The third-order valence-corrected chi connectivity index (χ3v) is 5.09. The van der Waals surface area contributed by atoms with E-state index in [2.05, 4.69) is 10.2 Å². The van der Waals surface area contributed by atoms with Crippen LogP contribution in [0.5, 0.6) is 11.5 Å². The van der Waals surface area contributed by atoms with E-state index in [9.17, 15) is 19.7 Å². The molecule has 2 aromatic rings. The van der Waals surface area contributed by atoms with Crippen LogP contribution in [0.25, 0.3) is 0 Å². The fourth-order valence-electron chi connectivity index (χ4n) is 3.49. The normalized spacial score (nSPS) is 13.1. The van der Waals surface area contributed by atoms with Crippen molar-refractivity contribution in [1.82, 2.24) is 0 Å². The Labute approximate surface area is 202 Å².